The molecular formula is C9H14N2O4. The molecule has 0 bridgehead atoms. The van der Waals surface area contributed by atoms with Gasteiger partial charge in [0.2, 0.25) is 11.8 Å². The minimum atomic E-state index is -1.20. The zero-order valence-electron chi connectivity index (χ0n) is 8.45. The lowest BCUT2D eigenvalue weighted by Crippen LogP contribution is -2.41. The van der Waals surface area contributed by atoms with Gasteiger partial charge in [0.25, 0.3) is 0 Å². The summed E-state index contributed by atoms with van der Waals surface area (Å²) in [7, 11) is 0. The van der Waals surface area contributed by atoms with E-state index in [0.29, 0.717) is 0 Å². The summed E-state index contributed by atoms with van der Waals surface area (Å²) >= 11 is 0. The van der Waals surface area contributed by atoms with Crippen LogP contribution in [0.1, 0.15) is 19.8 Å². The molecule has 1 aliphatic carbocycles. The highest BCUT2D eigenvalue weighted by atomic mass is 16.4. The molecule has 0 aromatic rings. The van der Waals surface area contributed by atoms with Crippen molar-refractivity contribution < 1.29 is 19.5 Å². The van der Waals surface area contributed by atoms with Gasteiger partial charge in [0.15, 0.2) is 0 Å². The van der Waals surface area contributed by atoms with Gasteiger partial charge in [-0.3, -0.25) is 14.4 Å². The molecule has 3 N–H and O–H groups in total. The van der Waals surface area contributed by atoms with E-state index in [2.05, 4.69) is 10.6 Å². The first kappa shape index (κ1) is 11.5. The van der Waals surface area contributed by atoms with Crippen LogP contribution in [0, 0.1) is 5.92 Å². The molecule has 2 amide bonds. The Labute approximate surface area is 87.0 Å². The largest absolute Gasteiger partial charge is 0.481 e. The third-order valence-electron chi connectivity index (χ3n) is 2.13. The molecule has 6 nitrogen and oxygen atoms in total. The van der Waals surface area contributed by atoms with Crippen molar-refractivity contribution in [2.75, 3.05) is 6.54 Å². The van der Waals surface area contributed by atoms with Crippen LogP contribution in [-0.2, 0) is 14.4 Å². The Hall–Kier alpha value is -1.59. The van der Waals surface area contributed by atoms with Crippen LogP contribution in [0.2, 0.25) is 0 Å². The van der Waals surface area contributed by atoms with Gasteiger partial charge in [-0.2, -0.15) is 0 Å². The van der Waals surface area contributed by atoms with Crippen LogP contribution in [0.4, 0.5) is 0 Å². The molecule has 1 aliphatic rings. The van der Waals surface area contributed by atoms with Crippen LogP contribution in [0.25, 0.3) is 0 Å². The fraction of sp³-hybridized carbons (Fsp3) is 0.667. The molecule has 0 saturated heterocycles. The second-order valence-corrected chi connectivity index (χ2v) is 3.62. The standard InChI is InChI=1S/C9H14N2O4/c1-5(9(14)15)8(13)10-4-7(12)11-6-2-3-6/h5-6H,2-4H2,1H3,(H,10,13)(H,11,12)(H,14,15). The van der Waals surface area contributed by atoms with Crippen LogP contribution in [0.3, 0.4) is 0 Å². The normalized spacial score (nSPS) is 16.6. The van der Waals surface area contributed by atoms with Gasteiger partial charge in [-0.1, -0.05) is 0 Å². The van der Waals surface area contributed by atoms with E-state index in [9.17, 15) is 14.4 Å². The van der Waals surface area contributed by atoms with Gasteiger partial charge in [0.05, 0.1) is 6.54 Å². The van der Waals surface area contributed by atoms with E-state index in [0.717, 1.165) is 12.8 Å². The van der Waals surface area contributed by atoms with Crippen LogP contribution < -0.4 is 10.6 Å². The number of carboxylic acids is 1. The zero-order chi connectivity index (χ0) is 11.4. The SMILES string of the molecule is CC(C(=O)O)C(=O)NCC(=O)NC1CC1. The van der Waals surface area contributed by atoms with Crippen molar-refractivity contribution in [1.82, 2.24) is 10.6 Å². The van der Waals surface area contributed by atoms with Crippen LogP contribution in [0.15, 0.2) is 0 Å². The molecule has 0 aromatic heterocycles. The average molecular weight is 214 g/mol. The first-order valence-electron chi connectivity index (χ1n) is 4.80. The maximum atomic E-state index is 11.1. The van der Waals surface area contributed by atoms with Gasteiger partial charge < -0.3 is 15.7 Å². The van der Waals surface area contributed by atoms with Crippen LogP contribution in [-0.4, -0.2) is 35.5 Å². The topological polar surface area (TPSA) is 95.5 Å². The molecule has 0 spiro atoms. The van der Waals surface area contributed by atoms with Crippen LogP contribution >= 0.6 is 0 Å². The molecule has 0 heterocycles. The summed E-state index contributed by atoms with van der Waals surface area (Å²) in [6.45, 7) is 1.11. The molecule has 0 radical (unpaired) electrons. The zero-order valence-corrected chi connectivity index (χ0v) is 8.45. The maximum absolute atomic E-state index is 11.1. The lowest BCUT2D eigenvalue weighted by molar-refractivity contribution is -0.146. The molecule has 0 aliphatic heterocycles. The van der Waals surface area contributed by atoms with Gasteiger partial charge in [-0.05, 0) is 19.8 Å². The number of rotatable bonds is 5. The average Bonchev–Trinajstić information content (AvgIpc) is 2.96. The van der Waals surface area contributed by atoms with E-state index < -0.39 is 17.8 Å². The van der Waals surface area contributed by atoms with E-state index in [1.807, 2.05) is 0 Å². The van der Waals surface area contributed by atoms with Gasteiger partial charge in [-0.15, -0.1) is 0 Å². The fourth-order valence-electron chi connectivity index (χ4n) is 0.939. The second kappa shape index (κ2) is 4.77. The molecule has 6 heteroatoms. The molecular weight excluding hydrogens is 200 g/mol. The summed E-state index contributed by atoms with van der Waals surface area (Å²) in [5, 5.41) is 13.5. The minimum Gasteiger partial charge on any atom is -0.481 e. The van der Waals surface area contributed by atoms with Crippen molar-refractivity contribution >= 4 is 17.8 Å². The summed E-state index contributed by atoms with van der Waals surface area (Å²) in [5.41, 5.74) is 0. The van der Waals surface area contributed by atoms with Gasteiger partial charge in [0.1, 0.15) is 5.92 Å². The number of carboxylic acid groups (broad SMARTS) is 1. The van der Waals surface area contributed by atoms with Gasteiger partial charge in [0, 0.05) is 6.04 Å². The highest BCUT2D eigenvalue weighted by molar-refractivity contribution is 5.97. The smallest absolute Gasteiger partial charge is 0.315 e. The number of carbonyl (C=O) groups is 3. The Kier molecular flexibility index (Phi) is 3.65. The molecule has 1 atom stereocenters. The van der Waals surface area contributed by atoms with E-state index in [4.69, 9.17) is 5.11 Å². The number of hydrogen-bond acceptors (Lipinski definition) is 3. The Morgan fingerprint density at radius 2 is 2.00 bits per heavy atom. The quantitative estimate of drug-likeness (QED) is 0.517. The molecule has 84 valence electrons. The Bertz CT molecular complexity index is 286. The van der Waals surface area contributed by atoms with E-state index in [1.165, 1.54) is 6.92 Å². The van der Waals surface area contributed by atoms with E-state index >= 15 is 0 Å². The first-order valence-corrected chi connectivity index (χ1v) is 4.80. The monoisotopic (exact) mass is 214 g/mol. The molecule has 1 rings (SSSR count). The Morgan fingerprint density at radius 3 is 2.47 bits per heavy atom. The first-order chi connectivity index (χ1) is 7.00. The fourth-order valence-corrected chi connectivity index (χ4v) is 0.939. The minimum absolute atomic E-state index is 0.160. The highest BCUT2D eigenvalue weighted by Crippen LogP contribution is 2.18. The van der Waals surface area contributed by atoms with Gasteiger partial charge in [-0.25, -0.2) is 0 Å². The third-order valence-corrected chi connectivity index (χ3v) is 2.13. The van der Waals surface area contributed by atoms with Crippen molar-refractivity contribution in [1.29, 1.82) is 0 Å². The maximum Gasteiger partial charge on any atom is 0.315 e. The molecule has 15 heavy (non-hydrogen) atoms. The molecule has 1 fully saturated rings. The lowest BCUT2D eigenvalue weighted by atomic mass is 10.2. The van der Waals surface area contributed by atoms with Crippen molar-refractivity contribution in [3.63, 3.8) is 0 Å². The predicted molar refractivity (Wildman–Crippen MR) is 51.0 cm³/mol. The summed E-state index contributed by atoms with van der Waals surface area (Å²) < 4.78 is 0. The number of nitrogens with one attached hydrogen (secondary N) is 2. The number of carbonyl (C=O) groups excluding carboxylic acids is 2. The van der Waals surface area contributed by atoms with Crippen molar-refractivity contribution in [2.45, 2.75) is 25.8 Å². The lowest BCUT2D eigenvalue weighted by Gasteiger charge is -2.08. The summed E-state index contributed by atoms with van der Waals surface area (Å²) in [6.07, 6.45) is 1.95. The number of hydrogen-bond donors (Lipinski definition) is 3. The van der Waals surface area contributed by atoms with Crippen molar-refractivity contribution in [3.8, 4) is 0 Å². The Balaban J connectivity index is 2.20. The molecule has 0 aromatic carbocycles. The van der Waals surface area contributed by atoms with Crippen molar-refractivity contribution in [3.05, 3.63) is 0 Å². The van der Waals surface area contributed by atoms with E-state index in [1.54, 1.807) is 0 Å². The summed E-state index contributed by atoms with van der Waals surface area (Å²) in [4.78, 5) is 32.6. The third kappa shape index (κ3) is 3.97. The van der Waals surface area contributed by atoms with Crippen LogP contribution in [0.5, 0.6) is 0 Å². The molecule has 1 unspecified atom stereocenters. The highest BCUT2D eigenvalue weighted by Gasteiger charge is 2.24. The summed E-state index contributed by atoms with van der Waals surface area (Å²) in [5.74, 6) is -3.24. The molecule has 1 saturated carbocycles. The van der Waals surface area contributed by atoms with Gasteiger partial charge >= 0.3 is 5.97 Å². The second-order valence-electron chi connectivity index (χ2n) is 3.62. The number of aliphatic carboxylic acids is 1. The number of amides is 2. The Morgan fingerprint density at radius 1 is 1.40 bits per heavy atom. The summed E-state index contributed by atoms with van der Waals surface area (Å²) in [6, 6.07) is 0.242. The predicted octanol–water partition coefficient (Wildman–Crippen LogP) is -0.898. The van der Waals surface area contributed by atoms with E-state index in [-0.39, 0.29) is 18.5 Å². The van der Waals surface area contributed by atoms with Crippen molar-refractivity contribution in [2.24, 2.45) is 5.92 Å².